The maximum atomic E-state index is 11.8. The second-order valence-electron chi connectivity index (χ2n) is 3.67. The van der Waals surface area contributed by atoms with Gasteiger partial charge in [0.25, 0.3) is 0 Å². The molecule has 1 aromatic rings. The van der Waals surface area contributed by atoms with Crippen molar-refractivity contribution in [2.75, 3.05) is 6.61 Å². The van der Waals surface area contributed by atoms with Crippen molar-refractivity contribution >= 4 is 23.7 Å². The number of carbonyl (C=O) groups is 2. The van der Waals surface area contributed by atoms with Crippen LogP contribution in [-0.4, -0.2) is 38.9 Å². The van der Waals surface area contributed by atoms with Crippen LogP contribution in [0, 0.1) is 6.92 Å². The summed E-state index contributed by atoms with van der Waals surface area (Å²) in [5.74, 6) is -1.69. The summed E-state index contributed by atoms with van der Waals surface area (Å²) in [6.45, 7) is 4.81. The van der Waals surface area contributed by atoms with Crippen LogP contribution in [0.3, 0.4) is 0 Å². The zero-order chi connectivity index (χ0) is 14.6. The maximum Gasteiger partial charge on any atom is 0.346 e. The molecular weight excluding hydrogens is 272 g/mol. The lowest BCUT2D eigenvalue weighted by Gasteiger charge is -2.11. The third-order valence-corrected chi connectivity index (χ3v) is 3.28. The van der Waals surface area contributed by atoms with E-state index < -0.39 is 22.9 Å². The van der Waals surface area contributed by atoms with Gasteiger partial charge in [0.2, 0.25) is 0 Å². The number of H-pyrrole nitrogens is 1. The van der Waals surface area contributed by atoms with Gasteiger partial charge in [-0.15, -0.1) is 0 Å². The molecule has 0 saturated heterocycles. The average Bonchev–Trinajstić information content (AvgIpc) is 2.27. The Kier molecular flexibility index (Phi) is 5.11. The first-order chi connectivity index (χ1) is 8.86. The van der Waals surface area contributed by atoms with Crippen molar-refractivity contribution in [3.63, 3.8) is 0 Å². The smallest absolute Gasteiger partial charge is 0.346 e. The number of carboxylic acid groups (broad SMARTS) is 1. The fourth-order valence-corrected chi connectivity index (χ4v) is 2.23. The van der Waals surface area contributed by atoms with Gasteiger partial charge in [0.1, 0.15) is 15.8 Å². The quantitative estimate of drug-likeness (QED) is 0.468. The van der Waals surface area contributed by atoms with Gasteiger partial charge in [-0.05, 0) is 20.8 Å². The number of ether oxygens (including phenoxy) is 1. The zero-order valence-electron chi connectivity index (χ0n) is 10.7. The molecule has 8 heteroatoms. The largest absolute Gasteiger partial charge is 0.480 e. The lowest BCUT2D eigenvalue weighted by molar-refractivity contribution is -0.136. The van der Waals surface area contributed by atoms with Gasteiger partial charge >= 0.3 is 17.6 Å². The van der Waals surface area contributed by atoms with Crippen molar-refractivity contribution in [3.05, 3.63) is 21.7 Å². The van der Waals surface area contributed by atoms with Crippen molar-refractivity contribution in [2.45, 2.75) is 31.0 Å². The van der Waals surface area contributed by atoms with Crippen LogP contribution in [0.2, 0.25) is 0 Å². The van der Waals surface area contributed by atoms with E-state index >= 15 is 0 Å². The van der Waals surface area contributed by atoms with E-state index in [1.165, 1.54) is 13.8 Å². The Morgan fingerprint density at radius 1 is 1.53 bits per heavy atom. The minimum Gasteiger partial charge on any atom is -0.480 e. The van der Waals surface area contributed by atoms with E-state index in [0.717, 1.165) is 11.8 Å². The molecule has 0 amide bonds. The molecule has 19 heavy (non-hydrogen) atoms. The molecule has 1 aromatic heterocycles. The van der Waals surface area contributed by atoms with Gasteiger partial charge in [-0.1, -0.05) is 11.8 Å². The van der Waals surface area contributed by atoms with Crippen LogP contribution < -0.4 is 5.69 Å². The summed E-state index contributed by atoms with van der Waals surface area (Å²) in [7, 11) is 0. The molecule has 0 aliphatic carbocycles. The molecule has 0 radical (unpaired) electrons. The molecule has 104 valence electrons. The van der Waals surface area contributed by atoms with Gasteiger partial charge in [0, 0.05) is 5.69 Å². The molecule has 1 unspecified atom stereocenters. The molecule has 0 spiro atoms. The molecule has 0 fully saturated rings. The first-order valence-corrected chi connectivity index (χ1v) is 6.42. The summed E-state index contributed by atoms with van der Waals surface area (Å²) in [5.41, 5.74) is -0.233. The van der Waals surface area contributed by atoms with Gasteiger partial charge in [-0.3, -0.25) is 4.79 Å². The van der Waals surface area contributed by atoms with Crippen LogP contribution in [0.15, 0.2) is 9.82 Å². The monoisotopic (exact) mass is 286 g/mol. The third kappa shape index (κ3) is 3.82. The van der Waals surface area contributed by atoms with Crippen molar-refractivity contribution < 1.29 is 19.4 Å². The first-order valence-electron chi connectivity index (χ1n) is 5.54. The number of rotatable bonds is 5. The number of hydrogen-bond donors (Lipinski definition) is 2. The summed E-state index contributed by atoms with van der Waals surface area (Å²) in [6.07, 6.45) is 0. The molecule has 0 aliphatic heterocycles. The predicted octanol–water partition coefficient (Wildman–Crippen LogP) is 0.820. The Hall–Kier alpha value is -1.83. The van der Waals surface area contributed by atoms with Crippen LogP contribution in [0.25, 0.3) is 0 Å². The molecule has 2 N–H and O–H groups in total. The van der Waals surface area contributed by atoms with Crippen LogP contribution in [0.1, 0.15) is 29.9 Å². The Balaban J connectivity index is 3.24. The number of hydrogen-bond acceptors (Lipinski definition) is 6. The van der Waals surface area contributed by atoms with Crippen molar-refractivity contribution in [1.82, 2.24) is 9.97 Å². The average molecular weight is 286 g/mol. The van der Waals surface area contributed by atoms with Crippen molar-refractivity contribution in [2.24, 2.45) is 0 Å². The number of esters is 1. The molecule has 1 atom stereocenters. The maximum absolute atomic E-state index is 11.8. The van der Waals surface area contributed by atoms with Gasteiger partial charge < -0.3 is 14.8 Å². The Labute approximate surface area is 113 Å². The Morgan fingerprint density at radius 2 is 2.16 bits per heavy atom. The summed E-state index contributed by atoms with van der Waals surface area (Å²) in [4.78, 5) is 40.0. The van der Waals surface area contributed by atoms with E-state index in [-0.39, 0.29) is 17.2 Å². The summed E-state index contributed by atoms with van der Waals surface area (Å²) in [5, 5.41) is 8.10. The number of aromatic nitrogens is 2. The highest BCUT2D eigenvalue weighted by molar-refractivity contribution is 8.00. The number of aryl methyl sites for hydroxylation is 1. The van der Waals surface area contributed by atoms with Crippen LogP contribution in [-0.2, 0) is 9.53 Å². The van der Waals surface area contributed by atoms with E-state index in [9.17, 15) is 14.4 Å². The topological polar surface area (TPSA) is 109 Å². The van der Waals surface area contributed by atoms with Crippen molar-refractivity contribution in [3.8, 4) is 0 Å². The van der Waals surface area contributed by atoms with E-state index in [4.69, 9.17) is 9.84 Å². The third-order valence-electron chi connectivity index (χ3n) is 2.20. The number of aliphatic carboxylic acids is 1. The molecule has 0 bridgehead atoms. The first kappa shape index (κ1) is 15.2. The second kappa shape index (κ2) is 6.37. The number of carbonyl (C=O) groups excluding carboxylic acids is 1. The SMILES string of the molecule is CCOC(=O)c1c(SC(C)C(=O)O)nc(=O)[nH]c1C. The van der Waals surface area contributed by atoms with E-state index in [1.807, 2.05) is 0 Å². The van der Waals surface area contributed by atoms with E-state index in [1.54, 1.807) is 6.92 Å². The lowest BCUT2D eigenvalue weighted by Crippen LogP contribution is -2.21. The molecule has 7 nitrogen and oxygen atoms in total. The van der Waals surface area contributed by atoms with Gasteiger partial charge in [-0.25, -0.2) is 9.59 Å². The van der Waals surface area contributed by atoms with Crippen LogP contribution >= 0.6 is 11.8 Å². The zero-order valence-corrected chi connectivity index (χ0v) is 11.5. The van der Waals surface area contributed by atoms with Crippen molar-refractivity contribution in [1.29, 1.82) is 0 Å². The number of thioether (sulfide) groups is 1. The standard InChI is InChI=1S/C11H14N2O5S/c1-4-18-10(16)7-5(2)12-11(17)13-8(7)19-6(3)9(14)15/h6H,4H2,1-3H3,(H,14,15)(H,12,13,17). The fraction of sp³-hybridized carbons (Fsp3) is 0.455. The van der Waals surface area contributed by atoms with Gasteiger partial charge in [0.05, 0.1) is 6.61 Å². The van der Waals surface area contributed by atoms with Crippen LogP contribution in [0.4, 0.5) is 0 Å². The number of aromatic amines is 1. The number of nitrogens with zero attached hydrogens (tertiary/aromatic N) is 1. The normalized spacial score (nSPS) is 11.9. The molecule has 0 aromatic carbocycles. The highest BCUT2D eigenvalue weighted by atomic mass is 32.2. The highest BCUT2D eigenvalue weighted by Gasteiger charge is 2.23. The summed E-state index contributed by atoms with van der Waals surface area (Å²) < 4.78 is 4.87. The fourth-order valence-electron chi connectivity index (χ4n) is 1.31. The van der Waals surface area contributed by atoms with E-state index in [0.29, 0.717) is 5.69 Å². The van der Waals surface area contributed by atoms with E-state index in [2.05, 4.69) is 9.97 Å². The number of nitrogens with one attached hydrogen (secondary N) is 1. The highest BCUT2D eigenvalue weighted by Crippen LogP contribution is 2.25. The molecular formula is C11H14N2O5S. The predicted molar refractivity (Wildman–Crippen MR) is 68.5 cm³/mol. The minimum absolute atomic E-state index is 0.0644. The summed E-state index contributed by atoms with van der Waals surface area (Å²) >= 11 is 0.829. The molecule has 0 aliphatic rings. The van der Waals surface area contributed by atoms with Gasteiger partial charge in [0.15, 0.2) is 0 Å². The van der Waals surface area contributed by atoms with Gasteiger partial charge in [-0.2, -0.15) is 4.98 Å². The van der Waals surface area contributed by atoms with Crippen LogP contribution in [0.5, 0.6) is 0 Å². The molecule has 0 saturated carbocycles. The minimum atomic E-state index is -1.06. The number of carboxylic acids is 1. The summed E-state index contributed by atoms with van der Waals surface area (Å²) in [6, 6.07) is 0. The Morgan fingerprint density at radius 3 is 2.68 bits per heavy atom. The second-order valence-corrected chi connectivity index (χ2v) is 5.00. The molecule has 1 rings (SSSR count). The molecule has 1 heterocycles. The lowest BCUT2D eigenvalue weighted by atomic mass is 10.2. The Bertz CT molecular complexity index is 555.